The first-order chi connectivity index (χ1) is 11.5. The van der Waals surface area contributed by atoms with Crippen molar-refractivity contribution in [1.82, 2.24) is 15.1 Å². The number of nitrogens with zero attached hydrogens (tertiary/aromatic N) is 3. The van der Waals surface area contributed by atoms with Crippen LogP contribution in [0.1, 0.15) is 39.5 Å². The van der Waals surface area contributed by atoms with Crippen LogP contribution in [0.4, 0.5) is 0 Å². The van der Waals surface area contributed by atoms with Gasteiger partial charge in [-0.05, 0) is 26.2 Å². The van der Waals surface area contributed by atoms with Crippen LogP contribution in [0.3, 0.4) is 0 Å². The number of likely N-dealkylation sites (tertiary alicyclic amines) is 1. The fourth-order valence-corrected chi connectivity index (χ4v) is 2.55. The van der Waals surface area contributed by atoms with E-state index in [1.807, 2.05) is 6.92 Å². The Morgan fingerprint density at radius 1 is 1.32 bits per heavy atom. The van der Waals surface area contributed by atoms with Gasteiger partial charge in [0.2, 0.25) is 5.91 Å². The van der Waals surface area contributed by atoms with Crippen LogP contribution in [0.15, 0.2) is 4.99 Å². The predicted octanol–water partition coefficient (Wildman–Crippen LogP) is 1.71. The summed E-state index contributed by atoms with van der Waals surface area (Å²) in [5, 5.41) is 3.33. The van der Waals surface area contributed by atoms with E-state index in [1.165, 1.54) is 4.90 Å². The number of nitrogens with one attached hydrogen (secondary N) is 1. The molecule has 0 aromatic rings. The Bertz CT molecular complexity index is 444. The molecular weight excluding hydrogens is 435 g/mol. The predicted molar refractivity (Wildman–Crippen MR) is 110 cm³/mol. The lowest BCUT2D eigenvalue weighted by Crippen LogP contribution is -2.48. The fraction of sp³-hybridized carbons (Fsp3) is 0.824. The molecule has 1 heterocycles. The molecule has 1 aliphatic heterocycles. The van der Waals surface area contributed by atoms with Gasteiger partial charge >= 0.3 is 5.97 Å². The first kappa shape index (κ1) is 23.9. The number of aliphatic imine (C=N–C) groups is 1. The smallest absolute Gasteiger partial charge is 0.310 e. The molecule has 1 saturated heterocycles. The topological polar surface area (TPSA) is 74.2 Å². The fourth-order valence-electron chi connectivity index (χ4n) is 2.55. The van der Waals surface area contributed by atoms with Crippen molar-refractivity contribution < 1.29 is 14.3 Å². The van der Waals surface area contributed by atoms with Crippen molar-refractivity contribution in [3.8, 4) is 0 Å². The van der Waals surface area contributed by atoms with Gasteiger partial charge in [-0.3, -0.25) is 9.59 Å². The third-order valence-electron chi connectivity index (χ3n) is 4.02. The quantitative estimate of drug-likeness (QED) is 0.203. The van der Waals surface area contributed by atoms with Gasteiger partial charge in [0.25, 0.3) is 0 Å². The minimum Gasteiger partial charge on any atom is -0.466 e. The zero-order chi connectivity index (χ0) is 17.9. The van der Waals surface area contributed by atoms with E-state index >= 15 is 0 Å². The van der Waals surface area contributed by atoms with Gasteiger partial charge < -0.3 is 19.9 Å². The van der Waals surface area contributed by atoms with Gasteiger partial charge in [0.15, 0.2) is 5.96 Å². The molecule has 1 N–H and O–H groups in total. The number of hydrogen-bond acceptors (Lipinski definition) is 4. The van der Waals surface area contributed by atoms with Gasteiger partial charge in [0, 0.05) is 33.7 Å². The zero-order valence-corrected chi connectivity index (χ0v) is 18.2. The number of likely N-dealkylation sites (N-methyl/N-ethyl adjacent to an activating group) is 1. The molecule has 7 nitrogen and oxygen atoms in total. The SMILES string of the molecule is CCCCNC(=NCC(=O)N(C)C)N1CCCC(C(=O)OCC)C1.I. The number of piperidine rings is 1. The molecule has 8 heteroatoms. The Morgan fingerprint density at radius 2 is 2.04 bits per heavy atom. The Labute approximate surface area is 168 Å². The standard InChI is InChI=1S/C17H32N4O3.HI/c1-5-7-10-18-17(19-12-15(22)20(3)4)21-11-8-9-14(13-21)16(23)24-6-2;/h14H,5-13H2,1-4H3,(H,18,19);1H. The molecular formula is C17H33IN4O3. The molecule has 1 amide bonds. The molecule has 0 bridgehead atoms. The average Bonchev–Trinajstić information content (AvgIpc) is 2.57. The first-order valence-corrected chi connectivity index (χ1v) is 8.89. The van der Waals surface area contributed by atoms with E-state index in [4.69, 9.17) is 4.74 Å². The van der Waals surface area contributed by atoms with Crippen molar-refractivity contribution in [2.75, 3.05) is 46.9 Å². The number of esters is 1. The van der Waals surface area contributed by atoms with Crippen molar-refractivity contribution in [1.29, 1.82) is 0 Å². The molecule has 0 aliphatic carbocycles. The van der Waals surface area contributed by atoms with Crippen molar-refractivity contribution in [2.24, 2.45) is 10.9 Å². The molecule has 0 spiro atoms. The lowest BCUT2D eigenvalue weighted by atomic mass is 9.98. The second kappa shape index (κ2) is 13.2. The number of carbonyl (C=O) groups is 2. The summed E-state index contributed by atoms with van der Waals surface area (Å²) in [7, 11) is 3.44. The van der Waals surface area contributed by atoms with Gasteiger partial charge in [-0.15, -0.1) is 24.0 Å². The molecule has 1 unspecified atom stereocenters. The Hall–Kier alpha value is -1.06. The van der Waals surface area contributed by atoms with Crippen molar-refractivity contribution in [3.05, 3.63) is 0 Å². The second-order valence-electron chi connectivity index (χ2n) is 6.25. The maximum absolute atomic E-state index is 12.0. The van der Waals surface area contributed by atoms with Crippen LogP contribution in [-0.4, -0.2) is 74.5 Å². The van der Waals surface area contributed by atoms with Crippen molar-refractivity contribution >= 4 is 41.8 Å². The van der Waals surface area contributed by atoms with Crippen molar-refractivity contribution in [3.63, 3.8) is 0 Å². The van der Waals surface area contributed by atoms with Crippen molar-refractivity contribution in [2.45, 2.75) is 39.5 Å². The molecule has 146 valence electrons. The highest BCUT2D eigenvalue weighted by Gasteiger charge is 2.28. The number of amides is 1. The minimum atomic E-state index is -0.139. The number of carbonyl (C=O) groups excluding carboxylic acids is 2. The maximum Gasteiger partial charge on any atom is 0.310 e. The highest BCUT2D eigenvalue weighted by Crippen LogP contribution is 2.18. The van der Waals surface area contributed by atoms with Gasteiger partial charge in [-0.1, -0.05) is 13.3 Å². The van der Waals surface area contributed by atoms with Crippen LogP contribution in [-0.2, 0) is 14.3 Å². The monoisotopic (exact) mass is 468 g/mol. The summed E-state index contributed by atoms with van der Waals surface area (Å²) in [6.07, 6.45) is 3.88. The minimum absolute atomic E-state index is 0. The summed E-state index contributed by atoms with van der Waals surface area (Å²) in [6.45, 7) is 6.71. The summed E-state index contributed by atoms with van der Waals surface area (Å²) in [4.78, 5) is 31.9. The van der Waals surface area contributed by atoms with Gasteiger partial charge in [-0.25, -0.2) is 4.99 Å². The molecule has 1 aliphatic rings. The summed E-state index contributed by atoms with van der Waals surface area (Å²) >= 11 is 0. The van der Waals surface area contributed by atoms with E-state index in [0.29, 0.717) is 19.1 Å². The maximum atomic E-state index is 12.0. The number of unbranched alkanes of at least 4 members (excludes halogenated alkanes) is 1. The van der Waals surface area contributed by atoms with E-state index < -0.39 is 0 Å². The molecule has 1 rings (SSSR count). The summed E-state index contributed by atoms with van der Waals surface area (Å²) in [5.41, 5.74) is 0. The third-order valence-corrected chi connectivity index (χ3v) is 4.02. The lowest BCUT2D eigenvalue weighted by molar-refractivity contribution is -0.149. The Balaban J connectivity index is 0.00000576. The largest absolute Gasteiger partial charge is 0.466 e. The normalized spacial score (nSPS) is 17.5. The van der Waals surface area contributed by atoms with Crippen LogP contribution < -0.4 is 5.32 Å². The summed E-state index contributed by atoms with van der Waals surface area (Å²) in [5.74, 6) is 0.414. The molecule has 0 aromatic heterocycles. The summed E-state index contributed by atoms with van der Waals surface area (Å²) < 4.78 is 5.15. The van der Waals surface area contributed by atoms with E-state index in [1.54, 1.807) is 14.1 Å². The average molecular weight is 468 g/mol. The summed E-state index contributed by atoms with van der Waals surface area (Å²) in [6, 6.07) is 0. The van der Waals surface area contributed by atoms with Crippen LogP contribution in [0, 0.1) is 5.92 Å². The first-order valence-electron chi connectivity index (χ1n) is 8.89. The molecule has 25 heavy (non-hydrogen) atoms. The molecule has 0 saturated carbocycles. The van der Waals surface area contributed by atoms with Crippen LogP contribution in [0.2, 0.25) is 0 Å². The number of ether oxygens (including phenoxy) is 1. The Morgan fingerprint density at radius 3 is 2.64 bits per heavy atom. The van der Waals surface area contributed by atoms with Crippen LogP contribution in [0.5, 0.6) is 0 Å². The van der Waals surface area contributed by atoms with Gasteiger partial charge in [0.05, 0.1) is 12.5 Å². The highest BCUT2D eigenvalue weighted by atomic mass is 127. The van der Waals surface area contributed by atoms with E-state index in [9.17, 15) is 9.59 Å². The molecule has 1 atom stereocenters. The highest BCUT2D eigenvalue weighted by molar-refractivity contribution is 14.0. The number of hydrogen-bond donors (Lipinski definition) is 1. The molecule has 0 aromatic carbocycles. The molecule has 0 radical (unpaired) electrons. The molecule has 1 fully saturated rings. The van der Waals surface area contributed by atoms with E-state index in [-0.39, 0.29) is 48.3 Å². The van der Waals surface area contributed by atoms with Gasteiger partial charge in [0.1, 0.15) is 6.54 Å². The van der Waals surface area contributed by atoms with E-state index in [2.05, 4.69) is 22.1 Å². The second-order valence-corrected chi connectivity index (χ2v) is 6.25. The Kier molecular flexibility index (Phi) is 12.6. The number of guanidine groups is 1. The van der Waals surface area contributed by atoms with E-state index in [0.717, 1.165) is 38.8 Å². The van der Waals surface area contributed by atoms with Crippen LogP contribution >= 0.6 is 24.0 Å². The number of halogens is 1. The van der Waals surface area contributed by atoms with Crippen LogP contribution in [0.25, 0.3) is 0 Å². The lowest BCUT2D eigenvalue weighted by Gasteiger charge is -2.34. The van der Waals surface area contributed by atoms with Gasteiger partial charge in [-0.2, -0.15) is 0 Å². The number of rotatable bonds is 7. The zero-order valence-electron chi connectivity index (χ0n) is 15.9. The third kappa shape index (κ3) is 8.73.